The van der Waals surface area contributed by atoms with Crippen LogP contribution in [-0.2, 0) is 12.8 Å². The maximum absolute atomic E-state index is 2.39. The molecule has 0 heteroatoms. The van der Waals surface area contributed by atoms with Gasteiger partial charge in [-0.2, -0.15) is 0 Å². The fraction of sp³-hybridized carbons (Fsp3) is 0.300. The Kier molecular flexibility index (Phi) is 2.60. The lowest BCUT2D eigenvalue weighted by molar-refractivity contribution is 0.680. The molecule has 2 aliphatic rings. The van der Waals surface area contributed by atoms with E-state index in [9.17, 15) is 0 Å². The van der Waals surface area contributed by atoms with Gasteiger partial charge in [0.15, 0.2) is 0 Å². The molecule has 0 N–H and O–H groups in total. The van der Waals surface area contributed by atoms with Crippen LogP contribution in [0.4, 0.5) is 0 Å². The number of rotatable bonds is 0. The van der Waals surface area contributed by atoms with Crippen molar-refractivity contribution in [2.75, 3.05) is 0 Å². The zero-order valence-corrected chi connectivity index (χ0v) is 12.2. The van der Waals surface area contributed by atoms with Crippen LogP contribution in [0.1, 0.15) is 42.0 Å². The second kappa shape index (κ2) is 4.34. The van der Waals surface area contributed by atoms with Gasteiger partial charge in [0.25, 0.3) is 0 Å². The number of allylic oxidation sites excluding steroid dienone is 1. The zero-order chi connectivity index (χ0) is 13.7. The van der Waals surface area contributed by atoms with Crippen molar-refractivity contribution < 1.29 is 0 Å². The molecule has 2 aliphatic carbocycles. The van der Waals surface area contributed by atoms with E-state index in [0.29, 0.717) is 11.8 Å². The van der Waals surface area contributed by atoms with E-state index in [0.717, 1.165) is 0 Å². The Bertz CT molecular complexity index is 706. The number of hydrogen-bond acceptors (Lipinski definition) is 0. The lowest BCUT2D eigenvalue weighted by atomic mass is 9.74. The molecule has 2 atom stereocenters. The predicted octanol–water partition coefficient (Wildman–Crippen LogP) is 5.22. The summed E-state index contributed by atoms with van der Waals surface area (Å²) in [5.41, 5.74) is 9.07. The Morgan fingerprint density at radius 1 is 0.900 bits per heavy atom. The topological polar surface area (TPSA) is 0 Å². The van der Waals surface area contributed by atoms with Gasteiger partial charge in [-0.15, -0.1) is 0 Å². The molecule has 0 saturated heterocycles. The fourth-order valence-corrected chi connectivity index (χ4v) is 3.91. The standard InChI is InChI=1S/C20H20/c1-13-7-8-15-9-10-18-17-6-4-3-5-16(17)12-14(2)20(18)19(15)11-13/h3-10,13-14H,11-12H2,1-2H3. The average Bonchev–Trinajstić information content (AvgIpc) is 2.46. The quantitative estimate of drug-likeness (QED) is 0.609. The Balaban J connectivity index is 2.00. The lowest BCUT2D eigenvalue weighted by Crippen LogP contribution is -2.15. The van der Waals surface area contributed by atoms with Crippen molar-refractivity contribution in [1.82, 2.24) is 0 Å². The summed E-state index contributed by atoms with van der Waals surface area (Å²) in [5.74, 6) is 1.30. The van der Waals surface area contributed by atoms with Crippen LogP contribution >= 0.6 is 0 Å². The van der Waals surface area contributed by atoms with E-state index in [4.69, 9.17) is 0 Å². The molecule has 2 aromatic carbocycles. The first-order valence-corrected chi connectivity index (χ1v) is 7.66. The molecule has 2 unspecified atom stereocenters. The molecule has 2 aromatic rings. The Morgan fingerprint density at radius 3 is 2.65 bits per heavy atom. The SMILES string of the molecule is CC1C=Cc2ccc3c(c2C1)C(C)Cc1ccccc1-3. The van der Waals surface area contributed by atoms with Crippen molar-refractivity contribution in [3.05, 3.63) is 64.7 Å². The van der Waals surface area contributed by atoms with Crippen LogP contribution in [0.15, 0.2) is 42.5 Å². The van der Waals surface area contributed by atoms with Crippen LogP contribution in [0.25, 0.3) is 17.2 Å². The molecule has 0 aromatic heterocycles. The van der Waals surface area contributed by atoms with Gasteiger partial charge in [0.2, 0.25) is 0 Å². The van der Waals surface area contributed by atoms with Gasteiger partial charge in [-0.1, -0.05) is 62.4 Å². The Labute approximate surface area is 121 Å². The van der Waals surface area contributed by atoms with E-state index >= 15 is 0 Å². The summed E-state index contributed by atoms with van der Waals surface area (Å²) in [4.78, 5) is 0. The van der Waals surface area contributed by atoms with Crippen molar-refractivity contribution in [1.29, 1.82) is 0 Å². The number of benzene rings is 2. The normalized spacial score (nSPS) is 22.9. The predicted molar refractivity (Wildman–Crippen MR) is 85.9 cm³/mol. The largest absolute Gasteiger partial charge is 0.0808 e. The van der Waals surface area contributed by atoms with Gasteiger partial charge < -0.3 is 0 Å². The van der Waals surface area contributed by atoms with Crippen LogP contribution in [0.5, 0.6) is 0 Å². The molecule has 100 valence electrons. The van der Waals surface area contributed by atoms with Gasteiger partial charge in [0, 0.05) is 0 Å². The van der Waals surface area contributed by atoms with Crippen molar-refractivity contribution in [2.45, 2.75) is 32.6 Å². The first kappa shape index (κ1) is 12.0. The molecule has 0 bridgehead atoms. The van der Waals surface area contributed by atoms with E-state index in [1.54, 1.807) is 11.1 Å². The highest BCUT2D eigenvalue weighted by Crippen LogP contribution is 2.43. The Morgan fingerprint density at radius 2 is 1.75 bits per heavy atom. The van der Waals surface area contributed by atoms with Crippen LogP contribution in [-0.4, -0.2) is 0 Å². The van der Waals surface area contributed by atoms with Crippen LogP contribution in [0.2, 0.25) is 0 Å². The van der Waals surface area contributed by atoms with E-state index in [-0.39, 0.29) is 0 Å². The molecule has 0 saturated carbocycles. The molecule has 0 radical (unpaired) electrons. The van der Waals surface area contributed by atoms with Gasteiger partial charge in [-0.3, -0.25) is 0 Å². The maximum Gasteiger partial charge on any atom is -0.0141 e. The van der Waals surface area contributed by atoms with Crippen LogP contribution in [0, 0.1) is 5.92 Å². The molecule has 0 fully saturated rings. The molecule has 0 spiro atoms. The summed E-state index contributed by atoms with van der Waals surface area (Å²) in [6.07, 6.45) is 7.03. The molecule has 20 heavy (non-hydrogen) atoms. The summed E-state index contributed by atoms with van der Waals surface area (Å²) in [6, 6.07) is 13.6. The van der Waals surface area contributed by atoms with E-state index in [1.165, 1.54) is 35.1 Å². The first-order valence-electron chi connectivity index (χ1n) is 7.66. The highest BCUT2D eigenvalue weighted by molar-refractivity contribution is 5.78. The molecule has 4 rings (SSSR count). The molecule has 0 aliphatic heterocycles. The van der Waals surface area contributed by atoms with Crippen LogP contribution < -0.4 is 0 Å². The first-order chi connectivity index (χ1) is 9.74. The summed E-state index contributed by atoms with van der Waals surface area (Å²) in [6.45, 7) is 4.71. The highest BCUT2D eigenvalue weighted by Gasteiger charge is 2.26. The summed E-state index contributed by atoms with van der Waals surface area (Å²) in [5, 5.41) is 0. The second-order valence-electron chi connectivity index (χ2n) is 6.40. The summed E-state index contributed by atoms with van der Waals surface area (Å²) in [7, 11) is 0. The van der Waals surface area contributed by atoms with Gasteiger partial charge in [0.1, 0.15) is 0 Å². The second-order valence-corrected chi connectivity index (χ2v) is 6.40. The summed E-state index contributed by atoms with van der Waals surface area (Å²) < 4.78 is 0. The smallest absolute Gasteiger partial charge is 0.0141 e. The van der Waals surface area contributed by atoms with Crippen LogP contribution in [0.3, 0.4) is 0 Å². The minimum absolute atomic E-state index is 0.633. The van der Waals surface area contributed by atoms with Crippen molar-refractivity contribution in [3.63, 3.8) is 0 Å². The Hall–Kier alpha value is -1.82. The molecule has 0 heterocycles. The van der Waals surface area contributed by atoms with Gasteiger partial charge >= 0.3 is 0 Å². The van der Waals surface area contributed by atoms with Crippen molar-refractivity contribution in [3.8, 4) is 11.1 Å². The van der Waals surface area contributed by atoms with Gasteiger partial charge in [0.05, 0.1) is 0 Å². The van der Waals surface area contributed by atoms with E-state index < -0.39 is 0 Å². The third kappa shape index (κ3) is 1.67. The molecule has 0 nitrogen and oxygen atoms in total. The average molecular weight is 260 g/mol. The number of fused-ring (bicyclic) bond motifs is 5. The number of hydrogen-bond donors (Lipinski definition) is 0. The molecule has 0 amide bonds. The minimum atomic E-state index is 0.633. The van der Waals surface area contributed by atoms with Gasteiger partial charge in [-0.25, -0.2) is 0 Å². The zero-order valence-electron chi connectivity index (χ0n) is 12.2. The fourth-order valence-electron chi connectivity index (χ4n) is 3.91. The van der Waals surface area contributed by atoms with Gasteiger partial charge in [-0.05, 0) is 58.1 Å². The van der Waals surface area contributed by atoms with Crippen molar-refractivity contribution in [2.24, 2.45) is 5.92 Å². The minimum Gasteiger partial charge on any atom is -0.0808 e. The van der Waals surface area contributed by atoms with E-state index in [2.05, 4.69) is 62.4 Å². The van der Waals surface area contributed by atoms with Crippen molar-refractivity contribution >= 4 is 6.08 Å². The molecular weight excluding hydrogens is 240 g/mol. The summed E-state index contributed by atoms with van der Waals surface area (Å²) >= 11 is 0. The third-order valence-corrected chi connectivity index (χ3v) is 4.85. The third-order valence-electron chi connectivity index (χ3n) is 4.85. The monoisotopic (exact) mass is 260 g/mol. The highest BCUT2D eigenvalue weighted by atomic mass is 14.3. The lowest BCUT2D eigenvalue weighted by Gasteiger charge is -2.30. The molecular formula is C20H20. The van der Waals surface area contributed by atoms with E-state index in [1.807, 2.05) is 0 Å². The maximum atomic E-state index is 2.39.